The highest BCUT2D eigenvalue weighted by atomic mass is 32.2. The molecule has 0 saturated carbocycles. The third kappa shape index (κ3) is 3.26. The van der Waals surface area contributed by atoms with Gasteiger partial charge in [-0.3, -0.25) is 4.79 Å². The van der Waals surface area contributed by atoms with Crippen LogP contribution in [-0.4, -0.2) is 33.2 Å². The molecule has 6 nitrogen and oxygen atoms in total. The second-order valence-corrected chi connectivity index (χ2v) is 6.07. The number of benzene rings is 1. The van der Waals surface area contributed by atoms with Crippen molar-refractivity contribution >= 4 is 28.9 Å². The van der Waals surface area contributed by atoms with E-state index < -0.39 is 0 Å². The summed E-state index contributed by atoms with van der Waals surface area (Å²) >= 11 is 1.50. The van der Waals surface area contributed by atoms with Crippen LogP contribution in [0.4, 0.5) is 5.69 Å². The van der Waals surface area contributed by atoms with Crippen molar-refractivity contribution in [2.75, 3.05) is 12.4 Å². The predicted molar refractivity (Wildman–Crippen MR) is 96.5 cm³/mol. The summed E-state index contributed by atoms with van der Waals surface area (Å²) in [5, 5.41) is 4.57. The maximum absolute atomic E-state index is 12.5. The number of thioether (sulfide) groups is 1. The van der Waals surface area contributed by atoms with Gasteiger partial charge in [-0.1, -0.05) is 18.2 Å². The molecule has 3 rings (SSSR count). The van der Waals surface area contributed by atoms with Crippen LogP contribution in [-0.2, 0) is 4.79 Å². The summed E-state index contributed by atoms with van der Waals surface area (Å²) in [6, 6.07) is 11.1. The summed E-state index contributed by atoms with van der Waals surface area (Å²) in [5.41, 5.74) is 7.88. The predicted octanol–water partition coefficient (Wildman–Crippen LogP) is 2.26. The number of carbonyl (C=O) groups is 1. The zero-order valence-corrected chi connectivity index (χ0v) is 13.9. The normalized spacial score (nSPS) is 17.5. The molecule has 0 saturated heterocycles. The van der Waals surface area contributed by atoms with Gasteiger partial charge in [-0.2, -0.15) is 0 Å². The van der Waals surface area contributed by atoms with Crippen molar-refractivity contribution in [2.24, 2.45) is 5.73 Å². The number of nitrogens with two attached hydrogens (primary N) is 1. The lowest BCUT2D eigenvalue weighted by molar-refractivity contribution is -0.114. The van der Waals surface area contributed by atoms with E-state index >= 15 is 0 Å². The number of likely N-dealkylation sites (N-methyl/N-ethyl adjacent to an activating group) is 1. The van der Waals surface area contributed by atoms with Gasteiger partial charge in [0.05, 0.1) is 0 Å². The molecule has 24 heavy (non-hydrogen) atoms. The minimum Gasteiger partial charge on any atom is -0.404 e. The van der Waals surface area contributed by atoms with Crippen molar-refractivity contribution in [3.05, 3.63) is 71.9 Å². The molecule has 1 aliphatic heterocycles. The number of amides is 1. The SMILES string of the molecule is CN1C(C(=O)Nc2ccccc2)=CSC1C(=CN)c1ncccn1. The molecule has 0 aliphatic carbocycles. The standard InChI is InChI=1S/C17H17N5OS/c1-22-14(16(23)21-12-6-3-2-4-7-12)11-24-17(22)13(10-18)15-19-8-5-9-20-15/h2-11,17H,18H2,1H3,(H,21,23). The minimum atomic E-state index is -0.163. The number of carbonyl (C=O) groups excluding carboxylic acids is 1. The Balaban J connectivity index is 1.74. The molecular weight excluding hydrogens is 322 g/mol. The lowest BCUT2D eigenvalue weighted by Crippen LogP contribution is -2.31. The molecule has 0 radical (unpaired) electrons. The van der Waals surface area contributed by atoms with Gasteiger partial charge in [0, 0.05) is 42.3 Å². The fraction of sp³-hybridized carbons (Fsp3) is 0.118. The summed E-state index contributed by atoms with van der Waals surface area (Å²) in [4.78, 5) is 22.9. The average Bonchev–Trinajstić information content (AvgIpc) is 2.99. The van der Waals surface area contributed by atoms with E-state index in [9.17, 15) is 4.79 Å². The first-order valence-electron chi connectivity index (χ1n) is 7.34. The lowest BCUT2D eigenvalue weighted by atomic mass is 10.2. The van der Waals surface area contributed by atoms with Crippen LogP contribution in [0, 0.1) is 0 Å². The van der Waals surface area contributed by atoms with Crippen molar-refractivity contribution in [3.8, 4) is 0 Å². The molecule has 1 amide bonds. The van der Waals surface area contributed by atoms with E-state index in [0.717, 1.165) is 11.3 Å². The number of anilines is 1. The van der Waals surface area contributed by atoms with Gasteiger partial charge in [-0.05, 0) is 18.2 Å². The van der Waals surface area contributed by atoms with E-state index in [1.165, 1.54) is 18.0 Å². The molecule has 1 aromatic heterocycles. The van der Waals surface area contributed by atoms with Crippen LogP contribution in [0.25, 0.3) is 5.57 Å². The van der Waals surface area contributed by atoms with Crippen LogP contribution in [0.15, 0.2) is 66.1 Å². The Morgan fingerprint density at radius 3 is 2.62 bits per heavy atom. The number of hydrogen-bond acceptors (Lipinski definition) is 6. The molecule has 2 aromatic rings. The molecule has 0 bridgehead atoms. The highest BCUT2D eigenvalue weighted by Crippen LogP contribution is 2.37. The summed E-state index contributed by atoms with van der Waals surface area (Å²) in [5.74, 6) is 0.395. The second kappa shape index (κ2) is 7.18. The van der Waals surface area contributed by atoms with Gasteiger partial charge in [0.2, 0.25) is 0 Å². The van der Waals surface area contributed by atoms with Gasteiger partial charge in [-0.25, -0.2) is 9.97 Å². The number of hydrogen-bond donors (Lipinski definition) is 2. The molecule has 0 fully saturated rings. The van der Waals surface area contributed by atoms with Crippen LogP contribution >= 0.6 is 11.8 Å². The first-order valence-corrected chi connectivity index (χ1v) is 8.29. The molecule has 122 valence electrons. The van der Waals surface area contributed by atoms with Crippen LogP contribution in [0.2, 0.25) is 0 Å². The first kappa shape index (κ1) is 16.1. The number of aromatic nitrogens is 2. The Kier molecular flexibility index (Phi) is 4.81. The first-order chi connectivity index (χ1) is 11.7. The average molecular weight is 339 g/mol. The maximum atomic E-state index is 12.5. The lowest BCUT2D eigenvalue weighted by Gasteiger charge is -2.25. The van der Waals surface area contributed by atoms with Crippen molar-refractivity contribution in [1.82, 2.24) is 14.9 Å². The minimum absolute atomic E-state index is 0.145. The van der Waals surface area contributed by atoms with Gasteiger partial charge in [0.1, 0.15) is 11.1 Å². The van der Waals surface area contributed by atoms with Crippen molar-refractivity contribution in [3.63, 3.8) is 0 Å². The van der Waals surface area contributed by atoms with E-state index in [2.05, 4.69) is 15.3 Å². The number of rotatable bonds is 4. The second-order valence-electron chi connectivity index (χ2n) is 5.12. The molecule has 1 aromatic carbocycles. The fourth-order valence-electron chi connectivity index (χ4n) is 2.36. The summed E-state index contributed by atoms with van der Waals surface area (Å²) in [7, 11) is 1.85. The fourth-order valence-corrected chi connectivity index (χ4v) is 3.52. The Labute approximate surface area is 144 Å². The van der Waals surface area contributed by atoms with Crippen molar-refractivity contribution in [2.45, 2.75) is 5.37 Å². The molecule has 3 N–H and O–H groups in total. The smallest absolute Gasteiger partial charge is 0.272 e. The molecule has 0 spiro atoms. The van der Waals surface area contributed by atoms with Crippen LogP contribution in [0.1, 0.15) is 5.82 Å². The van der Waals surface area contributed by atoms with Crippen molar-refractivity contribution < 1.29 is 4.79 Å². The van der Waals surface area contributed by atoms with E-state index in [0.29, 0.717) is 11.5 Å². The van der Waals surface area contributed by atoms with Crippen LogP contribution in [0.3, 0.4) is 0 Å². The Hall–Kier alpha value is -2.80. The zero-order chi connectivity index (χ0) is 16.9. The molecule has 7 heteroatoms. The number of para-hydroxylation sites is 1. The molecule has 1 atom stereocenters. The molecule has 2 heterocycles. The zero-order valence-electron chi connectivity index (χ0n) is 13.1. The summed E-state index contributed by atoms with van der Waals surface area (Å²) in [6.07, 6.45) is 4.83. The summed E-state index contributed by atoms with van der Waals surface area (Å²) in [6.45, 7) is 0. The van der Waals surface area contributed by atoms with Crippen molar-refractivity contribution in [1.29, 1.82) is 0 Å². The monoisotopic (exact) mass is 339 g/mol. The summed E-state index contributed by atoms with van der Waals surface area (Å²) < 4.78 is 0. The Morgan fingerprint density at radius 2 is 1.96 bits per heavy atom. The largest absolute Gasteiger partial charge is 0.404 e. The highest BCUT2D eigenvalue weighted by molar-refractivity contribution is 8.03. The Bertz CT molecular complexity index is 776. The third-order valence-corrected chi connectivity index (χ3v) is 4.76. The van der Waals surface area contributed by atoms with Gasteiger partial charge in [0.25, 0.3) is 5.91 Å². The van der Waals surface area contributed by atoms with Crippen LogP contribution in [0.5, 0.6) is 0 Å². The number of nitrogens with zero attached hydrogens (tertiary/aromatic N) is 3. The van der Waals surface area contributed by atoms with Gasteiger partial charge >= 0.3 is 0 Å². The molecule has 1 unspecified atom stereocenters. The van der Waals surface area contributed by atoms with Gasteiger partial charge in [0.15, 0.2) is 5.82 Å². The van der Waals surface area contributed by atoms with Crippen LogP contribution < -0.4 is 11.1 Å². The van der Waals surface area contributed by atoms with Gasteiger partial charge < -0.3 is 16.0 Å². The van der Waals surface area contributed by atoms with E-state index in [-0.39, 0.29) is 11.3 Å². The topological polar surface area (TPSA) is 84.1 Å². The third-order valence-electron chi connectivity index (χ3n) is 3.57. The maximum Gasteiger partial charge on any atom is 0.272 e. The molecule has 1 aliphatic rings. The van der Waals surface area contributed by atoms with E-state index in [1.807, 2.05) is 47.7 Å². The molecular formula is C17H17N5OS. The highest BCUT2D eigenvalue weighted by Gasteiger charge is 2.32. The Morgan fingerprint density at radius 1 is 1.25 bits per heavy atom. The quantitative estimate of drug-likeness (QED) is 0.889. The van der Waals surface area contributed by atoms with E-state index in [4.69, 9.17) is 5.73 Å². The number of nitrogens with one attached hydrogen (secondary N) is 1. The van der Waals surface area contributed by atoms with E-state index in [1.54, 1.807) is 18.5 Å². The van der Waals surface area contributed by atoms with Gasteiger partial charge in [-0.15, -0.1) is 11.8 Å².